The molecule has 0 aliphatic heterocycles. The monoisotopic (exact) mass is 217 g/mol. The van der Waals surface area contributed by atoms with E-state index in [4.69, 9.17) is 10.5 Å². The molecule has 1 aromatic heterocycles. The Balaban J connectivity index is 2.27. The van der Waals surface area contributed by atoms with Gasteiger partial charge in [0.25, 0.3) is 0 Å². The zero-order valence-electron chi connectivity index (χ0n) is 9.23. The predicted molar refractivity (Wildman–Crippen MR) is 63.1 cm³/mol. The molecule has 0 unspecified atom stereocenters. The maximum Gasteiger partial charge on any atom is 0.119 e. The molecule has 84 valence electrons. The minimum absolute atomic E-state index is 0.485. The van der Waals surface area contributed by atoms with Crippen molar-refractivity contribution >= 4 is 0 Å². The molecule has 0 bridgehead atoms. The average molecular weight is 217 g/mol. The van der Waals surface area contributed by atoms with Crippen LogP contribution in [-0.2, 0) is 6.54 Å². The Morgan fingerprint density at radius 1 is 1.31 bits per heavy atom. The summed E-state index contributed by atoms with van der Waals surface area (Å²) >= 11 is 0. The summed E-state index contributed by atoms with van der Waals surface area (Å²) < 4.78 is 5.38. The molecule has 0 saturated heterocycles. The van der Waals surface area contributed by atoms with Crippen LogP contribution in [0, 0.1) is 0 Å². The van der Waals surface area contributed by atoms with Crippen molar-refractivity contribution < 1.29 is 4.74 Å². The molecule has 0 amide bonds. The number of ether oxygens (including phenoxy) is 1. The van der Waals surface area contributed by atoms with Crippen molar-refractivity contribution in [3.05, 3.63) is 36.0 Å². The third-order valence-electron chi connectivity index (χ3n) is 2.39. The van der Waals surface area contributed by atoms with E-state index in [-0.39, 0.29) is 0 Å². The van der Waals surface area contributed by atoms with E-state index in [1.807, 2.05) is 31.2 Å². The SMILES string of the molecule is CCOc1ccc(-c2[nH]ncc2CN)cc1. The summed E-state index contributed by atoms with van der Waals surface area (Å²) in [6, 6.07) is 7.88. The Bertz CT molecular complexity index is 448. The Morgan fingerprint density at radius 3 is 2.69 bits per heavy atom. The van der Waals surface area contributed by atoms with Gasteiger partial charge in [-0.25, -0.2) is 0 Å². The van der Waals surface area contributed by atoms with Crippen molar-refractivity contribution in [1.82, 2.24) is 10.2 Å². The number of aromatic nitrogens is 2. The summed E-state index contributed by atoms with van der Waals surface area (Å²) in [6.07, 6.45) is 1.76. The van der Waals surface area contributed by atoms with Crippen LogP contribution in [0.4, 0.5) is 0 Å². The lowest BCUT2D eigenvalue weighted by Crippen LogP contribution is -1.96. The molecular weight excluding hydrogens is 202 g/mol. The fraction of sp³-hybridized carbons (Fsp3) is 0.250. The Hall–Kier alpha value is -1.81. The van der Waals surface area contributed by atoms with Crippen molar-refractivity contribution in [2.45, 2.75) is 13.5 Å². The van der Waals surface area contributed by atoms with Crippen molar-refractivity contribution in [2.24, 2.45) is 5.73 Å². The number of nitrogens with two attached hydrogens (primary N) is 1. The van der Waals surface area contributed by atoms with E-state index in [2.05, 4.69) is 10.2 Å². The molecule has 1 aromatic carbocycles. The summed E-state index contributed by atoms with van der Waals surface area (Å²) in [5.74, 6) is 0.875. The van der Waals surface area contributed by atoms with E-state index in [1.165, 1.54) is 0 Å². The van der Waals surface area contributed by atoms with Crippen LogP contribution < -0.4 is 10.5 Å². The van der Waals surface area contributed by atoms with Gasteiger partial charge in [-0.1, -0.05) is 0 Å². The van der Waals surface area contributed by atoms with Crippen LogP contribution in [0.1, 0.15) is 12.5 Å². The second-order valence-corrected chi connectivity index (χ2v) is 3.43. The minimum Gasteiger partial charge on any atom is -0.494 e. The van der Waals surface area contributed by atoms with Crippen LogP contribution in [0.5, 0.6) is 5.75 Å². The van der Waals surface area contributed by atoms with Crippen molar-refractivity contribution in [3.63, 3.8) is 0 Å². The maximum absolute atomic E-state index is 5.63. The number of hydrogen-bond acceptors (Lipinski definition) is 3. The van der Waals surface area contributed by atoms with E-state index < -0.39 is 0 Å². The molecule has 0 fully saturated rings. The number of rotatable bonds is 4. The molecule has 4 nitrogen and oxygen atoms in total. The summed E-state index contributed by atoms with van der Waals surface area (Å²) in [7, 11) is 0. The highest BCUT2D eigenvalue weighted by molar-refractivity contribution is 5.63. The number of aromatic amines is 1. The molecule has 0 radical (unpaired) electrons. The molecule has 0 saturated carbocycles. The average Bonchev–Trinajstić information content (AvgIpc) is 2.78. The molecular formula is C12H15N3O. The van der Waals surface area contributed by atoms with Crippen LogP contribution in [0.2, 0.25) is 0 Å². The molecule has 0 aliphatic carbocycles. The fourth-order valence-corrected chi connectivity index (χ4v) is 1.60. The lowest BCUT2D eigenvalue weighted by Gasteiger charge is -2.04. The van der Waals surface area contributed by atoms with Gasteiger partial charge in [-0.05, 0) is 31.2 Å². The second kappa shape index (κ2) is 4.81. The molecule has 4 heteroatoms. The highest BCUT2D eigenvalue weighted by Crippen LogP contribution is 2.23. The minimum atomic E-state index is 0.485. The molecule has 1 heterocycles. The Morgan fingerprint density at radius 2 is 2.06 bits per heavy atom. The number of nitrogens with one attached hydrogen (secondary N) is 1. The summed E-state index contributed by atoms with van der Waals surface area (Å²) in [6.45, 7) is 3.13. The number of benzene rings is 1. The lowest BCUT2D eigenvalue weighted by molar-refractivity contribution is 0.340. The van der Waals surface area contributed by atoms with Crippen LogP contribution in [-0.4, -0.2) is 16.8 Å². The predicted octanol–water partition coefficient (Wildman–Crippen LogP) is 1.93. The topological polar surface area (TPSA) is 63.9 Å². The quantitative estimate of drug-likeness (QED) is 0.822. The van der Waals surface area contributed by atoms with Gasteiger partial charge in [-0.15, -0.1) is 0 Å². The molecule has 2 aromatic rings. The van der Waals surface area contributed by atoms with Gasteiger partial charge in [0, 0.05) is 17.7 Å². The summed E-state index contributed by atoms with van der Waals surface area (Å²) in [5.41, 5.74) is 8.69. The number of hydrogen-bond donors (Lipinski definition) is 2. The van der Waals surface area contributed by atoms with Crippen molar-refractivity contribution in [2.75, 3.05) is 6.61 Å². The highest BCUT2D eigenvalue weighted by Gasteiger charge is 2.05. The van der Waals surface area contributed by atoms with Crippen LogP contribution in [0.3, 0.4) is 0 Å². The van der Waals surface area contributed by atoms with Gasteiger partial charge < -0.3 is 10.5 Å². The third-order valence-corrected chi connectivity index (χ3v) is 2.39. The van der Waals surface area contributed by atoms with Crippen molar-refractivity contribution in [1.29, 1.82) is 0 Å². The first-order valence-electron chi connectivity index (χ1n) is 5.30. The standard InChI is InChI=1S/C12H15N3O/c1-2-16-11-5-3-9(4-6-11)12-10(7-13)8-14-15-12/h3-6,8H,2,7,13H2,1H3,(H,14,15). The van der Waals surface area contributed by atoms with Crippen molar-refractivity contribution in [3.8, 4) is 17.0 Å². The highest BCUT2D eigenvalue weighted by atomic mass is 16.5. The maximum atomic E-state index is 5.63. The number of H-pyrrole nitrogens is 1. The van der Waals surface area contributed by atoms with E-state index in [1.54, 1.807) is 6.20 Å². The zero-order valence-corrected chi connectivity index (χ0v) is 9.23. The largest absolute Gasteiger partial charge is 0.494 e. The van der Waals surface area contributed by atoms with Gasteiger partial charge in [0.15, 0.2) is 0 Å². The van der Waals surface area contributed by atoms with E-state index in [0.29, 0.717) is 13.2 Å². The van der Waals surface area contributed by atoms with Gasteiger partial charge in [-0.2, -0.15) is 5.10 Å². The van der Waals surface area contributed by atoms with Gasteiger partial charge in [-0.3, -0.25) is 5.10 Å². The summed E-state index contributed by atoms with van der Waals surface area (Å²) in [5, 5.41) is 6.95. The molecule has 0 atom stereocenters. The van der Waals surface area contributed by atoms with Crippen LogP contribution >= 0.6 is 0 Å². The molecule has 2 rings (SSSR count). The second-order valence-electron chi connectivity index (χ2n) is 3.43. The fourth-order valence-electron chi connectivity index (χ4n) is 1.60. The van der Waals surface area contributed by atoms with E-state index in [9.17, 15) is 0 Å². The van der Waals surface area contributed by atoms with Gasteiger partial charge >= 0.3 is 0 Å². The lowest BCUT2D eigenvalue weighted by atomic mass is 10.1. The zero-order chi connectivity index (χ0) is 11.4. The molecule has 16 heavy (non-hydrogen) atoms. The van der Waals surface area contributed by atoms with E-state index in [0.717, 1.165) is 22.6 Å². The first-order chi connectivity index (χ1) is 7.85. The molecule has 0 aliphatic rings. The molecule has 0 spiro atoms. The van der Waals surface area contributed by atoms with Gasteiger partial charge in [0.1, 0.15) is 5.75 Å². The molecule has 3 N–H and O–H groups in total. The Kier molecular flexibility index (Phi) is 3.22. The first-order valence-corrected chi connectivity index (χ1v) is 5.30. The van der Waals surface area contributed by atoms with Crippen LogP contribution in [0.25, 0.3) is 11.3 Å². The normalized spacial score (nSPS) is 10.4. The Labute approximate surface area is 94.4 Å². The third kappa shape index (κ3) is 2.06. The smallest absolute Gasteiger partial charge is 0.119 e. The van der Waals surface area contributed by atoms with Gasteiger partial charge in [0.05, 0.1) is 18.5 Å². The van der Waals surface area contributed by atoms with Gasteiger partial charge in [0.2, 0.25) is 0 Å². The van der Waals surface area contributed by atoms with Crippen LogP contribution in [0.15, 0.2) is 30.5 Å². The first kappa shape index (κ1) is 10.7. The summed E-state index contributed by atoms with van der Waals surface area (Å²) in [4.78, 5) is 0. The van der Waals surface area contributed by atoms with E-state index >= 15 is 0 Å². The number of nitrogens with zero attached hydrogens (tertiary/aromatic N) is 1.